The van der Waals surface area contributed by atoms with Crippen LogP contribution in [0, 0.1) is 19.8 Å². The fourth-order valence-corrected chi connectivity index (χ4v) is 6.30. The molecule has 142 valence electrons. The molecule has 6 heteroatoms. The van der Waals surface area contributed by atoms with E-state index in [1.807, 2.05) is 6.92 Å². The molecule has 3 atom stereocenters. The van der Waals surface area contributed by atoms with Crippen molar-refractivity contribution in [3.8, 4) is 0 Å². The second-order valence-corrected chi connectivity index (χ2v) is 9.33. The number of aryl methyl sites for hydroxylation is 2. The van der Waals surface area contributed by atoms with Gasteiger partial charge in [0.2, 0.25) is 0 Å². The number of anilines is 1. The number of aromatic nitrogens is 1. The van der Waals surface area contributed by atoms with E-state index in [-0.39, 0.29) is 5.91 Å². The Morgan fingerprint density at radius 3 is 2.48 bits per heavy atom. The largest absolute Gasteiger partial charge is 0.375 e. The van der Waals surface area contributed by atoms with E-state index >= 15 is 0 Å². The van der Waals surface area contributed by atoms with Crippen molar-refractivity contribution < 1.29 is 4.79 Å². The highest BCUT2D eigenvalue weighted by Gasteiger charge is 2.54. The van der Waals surface area contributed by atoms with Crippen molar-refractivity contribution >= 4 is 22.4 Å². The fourth-order valence-electron chi connectivity index (χ4n) is 5.51. The Labute approximate surface area is 164 Å². The first-order chi connectivity index (χ1) is 13.0. The average Bonchev–Trinajstić information content (AvgIpc) is 3.24. The summed E-state index contributed by atoms with van der Waals surface area (Å²) in [4.78, 5) is 23.3. The predicted molar refractivity (Wildman–Crippen MR) is 108 cm³/mol. The Morgan fingerprint density at radius 2 is 1.85 bits per heavy atom. The van der Waals surface area contributed by atoms with Gasteiger partial charge >= 0.3 is 0 Å². The predicted octanol–water partition coefficient (Wildman–Crippen LogP) is 3.04. The number of nitrogens with two attached hydrogens (primary N) is 1. The van der Waals surface area contributed by atoms with Gasteiger partial charge in [-0.05, 0) is 51.3 Å². The van der Waals surface area contributed by atoms with E-state index in [9.17, 15) is 4.79 Å². The van der Waals surface area contributed by atoms with Gasteiger partial charge in [0.1, 0.15) is 4.88 Å². The van der Waals surface area contributed by atoms with Crippen LogP contribution in [0.4, 0.5) is 5.13 Å². The van der Waals surface area contributed by atoms with Crippen LogP contribution in [0.5, 0.6) is 0 Å². The molecule has 27 heavy (non-hydrogen) atoms. The molecule has 1 aromatic heterocycles. The summed E-state index contributed by atoms with van der Waals surface area (Å²) in [6.07, 6.45) is 2.41. The SMILES string of the molecule is Cc1ccc([C@@H]2CN(C(=O)c3sc(N)nc3C)[C@@H]3C4CCN(CC4)[C@@H]32)cc1. The van der Waals surface area contributed by atoms with E-state index in [4.69, 9.17) is 5.73 Å². The highest BCUT2D eigenvalue weighted by Crippen LogP contribution is 2.47. The lowest BCUT2D eigenvalue weighted by Crippen LogP contribution is -2.60. The van der Waals surface area contributed by atoms with Gasteiger partial charge < -0.3 is 10.6 Å². The van der Waals surface area contributed by atoms with Crippen LogP contribution in [-0.2, 0) is 0 Å². The van der Waals surface area contributed by atoms with Crippen molar-refractivity contribution in [2.45, 2.75) is 44.7 Å². The van der Waals surface area contributed by atoms with Gasteiger partial charge in [-0.2, -0.15) is 0 Å². The fraction of sp³-hybridized carbons (Fsp3) is 0.524. The van der Waals surface area contributed by atoms with E-state index in [1.54, 1.807) is 0 Å². The molecular formula is C21H26N4OS. The summed E-state index contributed by atoms with van der Waals surface area (Å²) in [6.45, 7) is 7.15. The van der Waals surface area contributed by atoms with Crippen LogP contribution in [0.3, 0.4) is 0 Å². The lowest BCUT2D eigenvalue weighted by atomic mass is 9.75. The molecule has 4 aliphatic rings. The minimum atomic E-state index is 0.125. The zero-order valence-electron chi connectivity index (χ0n) is 15.9. The number of carbonyl (C=O) groups is 1. The molecule has 2 N–H and O–H groups in total. The van der Waals surface area contributed by atoms with Crippen LogP contribution in [0.25, 0.3) is 0 Å². The molecule has 1 amide bonds. The van der Waals surface area contributed by atoms with E-state index in [1.165, 1.54) is 48.4 Å². The minimum absolute atomic E-state index is 0.125. The number of benzene rings is 1. The first-order valence-electron chi connectivity index (χ1n) is 9.87. The summed E-state index contributed by atoms with van der Waals surface area (Å²) in [6, 6.07) is 9.65. The number of likely N-dealkylation sites (tertiary alicyclic amines) is 1. The zero-order valence-corrected chi connectivity index (χ0v) is 16.7. The smallest absolute Gasteiger partial charge is 0.266 e. The third-order valence-corrected chi connectivity index (χ3v) is 7.74. The maximum Gasteiger partial charge on any atom is 0.266 e. The van der Waals surface area contributed by atoms with Crippen LogP contribution in [0.15, 0.2) is 24.3 Å². The summed E-state index contributed by atoms with van der Waals surface area (Å²) in [5.74, 6) is 1.12. The minimum Gasteiger partial charge on any atom is -0.375 e. The molecule has 0 unspecified atom stereocenters. The number of hydrogen-bond donors (Lipinski definition) is 1. The van der Waals surface area contributed by atoms with Crippen molar-refractivity contribution in [1.29, 1.82) is 0 Å². The Bertz CT molecular complexity index is 869. The van der Waals surface area contributed by atoms with Gasteiger partial charge in [0, 0.05) is 18.5 Å². The zero-order chi connectivity index (χ0) is 18.7. The van der Waals surface area contributed by atoms with E-state index in [2.05, 4.69) is 46.0 Å². The monoisotopic (exact) mass is 382 g/mol. The Morgan fingerprint density at radius 1 is 1.15 bits per heavy atom. The first-order valence-corrected chi connectivity index (χ1v) is 10.7. The molecule has 2 bridgehead atoms. The first kappa shape index (κ1) is 17.2. The van der Waals surface area contributed by atoms with Gasteiger partial charge in [0.05, 0.1) is 11.7 Å². The van der Waals surface area contributed by atoms with E-state index in [0.717, 1.165) is 12.2 Å². The topological polar surface area (TPSA) is 62.5 Å². The van der Waals surface area contributed by atoms with Crippen LogP contribution < -0.4 is 5.73 Å². The number of fused-ring (bicyclic) bond motifs is 2. The van der Waals surface area contributed by atoms with Gasteiger partial charge in [0.25, 0.3) is 5.91 Å². The van der Waals surface area contributed by atoms with Crippen molar-refractivity contribution in [3.63, 3.8) is 0 Å². The lowest BCUT2D eigenvalue weighted by molar-refractivity contribution is -0.00328. The number of piperidine rings is 3. The summed E-state index contributed by atoms with van der Waals surface area (Å²) in [5.41, 5.74) is 9.27. The van der Waals surface area contributed by atoms with Crippen molar-refractivity contribution in [2.75, 3.05) is 25.4 Å². The number of rotatable bonds is 2. The molecule has 0 spiro atoms. The molecule has 5 nitrogen and oxygen atoms in total. The van der Waals surface area contributed by atoms with Crippen LogP contribution in [-0.4, -0.2) is 52.4 Å². The van der Waals surface area contributed by atoms with Crippen molar-refractivity contribution in [3.05, 3.63) is 46.0 Å². The molecule has 5 heterocycles. The molecule has 4 aliphatic heterocycles. The third-order valence-electron chi connectivity index (χ3n) is 6.77. The molecule has 0 saturated carbocycles. The van der Waals surface area contributed by atoms with Gasteiger partial charge in [-0.15, -0.1) is 0 Å². The van der Waals surface area contributed by atoms with Gasteiger partial charge in [-0.3, -0.25) is 9.69 Å². The third kappa shape index (κ3) is 2.69. The van der Waals surface area contributed by atoms with Gasteiger partial charge in [-0.1, -0.05) is 41.2 Å². The van der Waals surface area contributed by atoms with Crippen molar-refractivity contribution in [1.82, 2.24) is 14.8 Å². The molecule has 4 saturated heterocycles. The average molecular weight is 383 g/mol. The van der Waals surface area contributed by atoms with Crippen molar-refractivity contribution in [2.24, 2.45) is 5.92 Å². The summed E-state index contributed by atoms with van der Waals surface area (Å²) < 4.78 is 0. The maximum atomic E-state index is 13.5. The highest BCUT2D eigenvalue weighted by atomic mass is 32.1. The van der Waals surface area contributed by atoms with Crippen LogP contribution >= 0.6 is 11.3 Å². The van der Waals surface area contributed by atoms with Gasteiger partial charge in [0.15, 0.2) is 5.13 Å². The highest BCUT2D eigenvalue weighted by molar-refractivity contribution is 7.17. The van der Waals surface area contributed by atoms with Crippen LogP contribution in [0.2, 0.25) is 0 Å². The molecule has 0 radical (unpaired) electrons. The summed E-state index contributed by atoms with van der Waals surface area (Å²) in [7, 11) is 0. The molecular weight excluding hydrogens is 356 g/mol. The lowest BCUT2D eigenvalue weighted by Gasteiger charge is -2.51. The molecule has 6 rings (SSSR count). The normalized spacial score (nSPS) is 31.9. The number of amides is 1. The van der Waals surface area contributed by atoms with Crippen LogP contribution in [0.1, 0.15) is 45.3 Å². The maximum absolute atomic E-state index is 13.5. The molecule has 0 aliphatic carbocycles. The Hall–Kier alpha value is -1.92. The second kappa shape index (κ2) is 6.31. The molecule has 2 aromatic rings. The Kier molecular flexibility index (Phi) is 4.02. The molecule has 4 fully saturated rings. The summed E-state index contributed by atoms with van der Waals surface area (Å²) >= 11 is 1.33. The Balaban J connectivity index is 1.53. The number of thiazole rings is 1. The standard InChI is InChI=1S/C21H26N4OS/c1-12-3-5-14(6-4-12)16-11-25(20(26)19-13(2)23-21(22)27-19)17-15-7-9-24(10-8-15)18(16)17/h3-6,15-18H,7-11H2,1-2H3,(H2,22,23)/t16-,17+,18+/m0/s1. The number of hydrogen-bond acceptors (Lipinski definition) is 5. The number of nitrogens with zero attached hydrogens (tertiary/aromatic N) is 3. The number of carbonyl (C=O) groups excluding carboxylic acids is 1. The molecule has 1 aromatic carbocycles. The summed E-state index contributed by atoms with van der Waals surface area (Å²) in [5, 5.41) is 0.482. The number of nitrogen functional groups attached to an aromatic ring is 1. The second-order valence-electron chi connectivity index (χ2n) is 8.30. The quantitative estimate of drug-likeness (QED) is 0.867. The van der Waals surface area contributed by atoms with E-state index < -0.39 is 0 Å². The van der Waals surface area contributed by atoms with Gasteiger partial charge in [-0.25, -0.2) is 4.98 Å². The van der Waals surface area contributed by atoms with E-state index in [0.29, 0.717) is 33.9 Å².